The quantitative estimate of drug-likeness (QED) is 0.613. The Kier molecular flexibility index (Phi) is 7.21. The lowest BCUT2D eigenvalue weighted by atomic mass is 10.1. The highest BCUT2D eigenvalue weighted by molar-refractivity contribution is 5.82. The molecule has 0 aromatic rings. The fourth-order valence-corrected chi connectivity index (χ4v) is 0.996. The van der Waals surface area contributed by atoms with E-state index in [-0.39, 0.29) is 5.78 Å². The maximum Gasteiger partial charge on any atom is 0.161 e. The second kappa shape index (κ2) is 7.74. The molecule has 0 aromatic heterocycles. The molecule has 0 aromatic carbocycles. The molecular weight excluding hydrogens is 164 g/mol. The van der Waals surface area contributed by atoms with Gasteiger partial charge < -0.3 is 5.11 Å². The van der Waals surface area contributed by atoms with E-state index in [1.807, 2.05) is 19.1 Å². The first kappa shape index (κ1) is 12.1. The van der Waals surface area contributed by atoms with Gasteiger partial charge in [-0.15, -0.1) is 6.58 Å². The van der Waals surface area contributed by atoms with Crippen LogP contribution in [0.3, 0.4) is 0 Å². The number of hydrogen-bond acceptors (Lipinski definition) is 2. The molecule has 0 amide bonds. The number of carbonyl (C=O) groups is 1. The van der Waals surface area contributed by atoms with E-state index in [9.17, 15) is 9.90 Å². The highest BCUT2D eigenvalue weighted by Crippen LogP contribution is 2.03. The van der Waals surface area contributed by atoms with Crippen molar-refractivity contribution in [2.45, 2.75) is 38.7 Å². The zero-order chi connectivity index (χ0) is 10.1. The van der Waals surface area contributed by atoms with Gasteiger partial charge in [-0.2, -0.15) is 0 Å². The lowest BCUT2D eigenvalue weighted by Gasteiger charge is -2.06. The van der Waals surface area contributed by atoms with E-state index in [0.717, 1.165) is 6.42 Å². The van der Waals surface area contributed by atoms with Crippen LogP contribution in [0.5, 0.6) is 0 Å². The molecule has 1 unspecified atom stereocenters. The average Bonchev–Trinajstić information content (AvgIpc) is 2.14. The molecule has 0 aliphatic carbocycles. The number of hydrogen-bond donors (Lipinski definition) is 1. The summed E-state index contributed by atoms with van der Waals surface area (Å²) >= 11 is 0. The number of aliphatic hydroxyl groups excluding tert-OH is 1. The predicted molar refractivity (Wildman–Crippen MR) is 54.5 cm³/mol. The van der Waals surface area contributed by atoms with Gasteiger partial charge in [0.05, 0.1) is 0 Å². The fourth-order valence-electron chi connectivity index (χ4n) is 0.996. The average molecular weight is 182 g/mol. The molecule has 0 saturated carbocycles. The SMILES string of the molecule is C=CCCC(O)C(=O)CCC=CC. The molecule has 1 atom stereocenters. The Morgan fingerprint density at radius 1 is 1.54 bits per heavy atom. The highest BCUT2D eigenvalue weighted by Gasteiger charge is 2.12. The molecule has 74 valence electrons. The van der Waals surface area contributed by atoms with Gasteiger partial charge in [0.15, 0.2) is 5.78 Å². The minimum absolute atomic E-state index is 0.0695. The van der Waals surface area contributed by atoms with Gasteiger partial charge in [0.1, 0.15) is 6.10 Å². The molecule has 2 nitrogen and oxygen atoms in total. The summed E-state index contributed by atoms with van der Waals surface area (Å²) in [6.07, 6.45) is 7.09. The van der Waals surface area contributed by atoms with Crippen molar-refractivity contribution in [2.75, 3.05) is 0 Å². The molecule has 2 heteroatoms. The number of allylic oxidation sites excluding steroid dienone is 3. The third kappa shape index (κ3) is 6.29. The zero-order valence-corrected chi connectivity index (χ0v) is 8.20. The van der Waals surface area contributed by atoms with Crippen molar-refractivity contribution < 1.29 is 9.90 Å². The molecule has 1 N–H and O–H groups in total. The number of rotatable bonds is 7. The summed E-state index contributed by atoms with van der Waals surface area (Å²) in [7, 11) is 0. The molecule has 0 spiro atoms. The summed E-state index contributed by atoms with van der Waals surface area (Å²) < 4.78 is 0. The molecule has 13 heavy (non-hydrogen) atoms. The number of Topliss-reactive ketones (excluding diaryl/α,β-unsaturated/α-hetero) is 1. The van der Waals surface area contributed by atoms with Crippen molar-refractivity contribution in [3.05, 3.63) is 24.8 Å². The van der Waals surface area contributed by atoms with E-state index in [1.54, 1.807) is 6.08 Å². The van der Waals surface area contributed by atoms with E-state index in [1.165, 1.54) is 0 Å². The zero-order valence-electron chi connectivity index (χ0n) is 8.20. The van der Waals surface area contributed by atoms with Gasteiger partial charge in [0.25, 0.3) is 0 Å². The monoisotopic (exact) mass is 182 g/mol. The van der Waals surface area contributed by atoms with Crippen molar-refractivity contribution in [3.8, 4) is 0 Å². The minimum atomic E-state index is -0.803. The first-order chi connectivity index (χ1) is 6.22. The number of ketones is 1. The summed E-state index contributed by atoms with van der Waals surface area (Å²) in [5, 5.41) is 9.33. The Bertz CT molecular complexity index is 183. The Morgan fingerprint density at radius 2 is 2.23 bits per heavy atom. The van der Waals surface area contributed by atoms with E-state index in [0.29, 0.717) is 19.3 Å². The van der Waals surface area contributed by atoms with Crippen molar-refractivity contribution in [2.24, 2.45) is 0 Å². The topological polar surface area (TPSA) is 37.3 Å². The maximum absolute atomic E-state index is 11.2. The Labute approximate surface area is 80.0 Å². The first-order valence-corrected chi connectivity index (χ1v) is 4.65. The second-order valence-corrected chi connectivity index (χ2v) is 2.96. The van der Waals surface area contributed by atoms with E-state index >= 15 is 0 Å². The third-order valence-corrected chi connectivity index (χ3v) is 1.81. The van der Waals surface area contributed by atoms with Gasteiger partial charge in [-0.25, -0.2) is 0 Å². The molecule has 0 fully saturated rings. The molecule has 0 aliphatic rings. The predicted octanol–water partition coefficient (Wildman–Crippen LogP) is 2.24. The van der Waals surface area contributed by atoms with Gasteiger partial charge in [-0.05, 0) is 26.2 Å². The van der Waals surface area contributed by atoms with Crippen LogP contribution in [0.15, 0.2) is 24.8 Å². The van der Waals surface area contributed by atoms with Gasteiger partial charge >= 0.3 is 0 Å². The van der Waals surface area contributed by atoms with Crippen LogP contribution in [-0.2, 0) is 4.79 Å². The molecule has 0 heterocycles. The standard InChI is InChI=1S/C11H18O2/c1-3-5-7-9-11(13)10(12)8-6-4-2/h3-5,10,12H,2,6-9H2,1H3. The van der Waals surface area contributed by atoms with E-state index in [2.05, 4.69) is 6.58 Å². The summed E-state index contributed by atoms with van der Waals surface area (Å²) in [6.45, 7) is 5.45. The van der Waals surface area contributed by atoms with Crippen LogP contribution in [0.4, 0.5) is 0 Å². The van der Waals surface area contributed by atoms with Gasteiger partial charge in [-0.3, -0.25) is 4.79 Å². The van der Waals surface area contributed by atoms with Crippen LogP contribution < -0.4 is 0 Å². The van der Waals surface area contributed by atoms with Crippen LogP contribution in [0.1, 0.15) is 32.6 Å². The van der Waals surface area contributed by atoms with E-state index in [4.69, 9.17) is 0 Å². The Morgan fingerprint density at radius 3 is 2.77 bits per heavy atom. The van der Waals surface area contributed by atoms with Crippen molar-refractivity contribution >= 4 is 5.78 Å². The number of aliphatic hydroxyl groups is 1. The maximum atomic E-state index is 11.2. The van der Waals surface area contributed by atoms with Crippen molar-refractivity contribution in [3.63, 3.8) is 0 Å². The van der Waals surface area contributed by atoms with E-state index < -0.39 is 6.10 Å². The molecule has 0 aliphatic heterocycles. The lowest BCUT2D eigenvalue weighted by molar-refractivity contribution is -0.127. The first-order valence-electron chi connectivity index (χ1n) is 4.65. The summed E-state index contributed by atoms with van der Waals surface area (Å²) in [4.78, 5) is 11.2. The molecule has 0 bridgehead atoms. The van der Waals surface area contributed by atoms with Gasteiger partial charge in [0.2, 0.25) is 0 Å². The van der Waals surface area contributed by atoms with Crippen LogP contribution in [-0.4, -0.2) is 17.0 Å². The lowest BCUT2D eigenvalue weighted by Crippen LogP contribution is -2.19. The normalized spacial score (nSPS) is 13.1. The third-order valence-electron chi connectivity index (χ3n) is 1.81. The summed E-state index contributed by atoms with van der Waals surface area (Å²) in [6, 6.07) is 0. The fraction of sp³-hybridized carbons (Fsp3) is 0.545. The Hall–Kier alpha value is -0.890. The minimum Gasteiger partial charge on any atom is -0.385 e. The molecule has 0 radical (unpaired) electrons. The highest BCUT2D eigenvalue weighted by atomic mass is 16.3. The Balaban J connectivity index is 3.62. The smallest absolute Gasteiger partial charge is 0.161 e. The number of carbonyl (C=O) groups excluding carboxylic acids is 1. The molecule has 0 saturated heterocycles. The molecule has 0 rings (SSSR count). The largest absolute Gasteiger partial charge is 0.385 e. The molecular formula is C11H18O2. The van der Waals surface area contributed by atoms with Crippen molar-refractivity contribution in [1.29, 1.82) is 0 Å². The van der Waals surface area contributed by atoms with Gasteiger partial charge in [0, 0.05) is 6.42 Å². The van der Waals surface area contributed by atoms with Crippen LogP contribution in [0, 0.1) is 0 Å². The van der Waals surface area contributed by atoms with Crippen LogP contribution >= 0.6 is 0 Å². The summed E-state index contributed by atoms with van der Waals surface area (Å²) in [5.41, 5.74) is 0. The van der Waals surface area contributed by atoms with Crippen molar-refractivity contribution in [1.82, 2.24) is 0 Å². The van der Waals surface area contributed by atoms with Gasteiger partial charge in [-0.1, -0.05) is 18.2 Å². The van der Waals surface area contributed by atoms with Crippen LogP contribution in [0.25, 0.3) is 0 Å². The van der Waals surface area contributed by atoms with Crippen LogP contribution in [0.2, 0.25) is 0 Å². The second-order valence-electron chi connectivity index (χ2n) is 2.96. The summed E-state index contributed by atoms with van der Waals surface area (Å²) in [5.74, 6) is -0.0695.